The number of fused-ring (bicyclic) bond motifs is 1. The minimum atomic E-state index is -4.59. The second-order valence-corrected chi connectivity index (χ2v) is 9.39. The Kier molecular flexibility index (Phi) is 4.94. The fraction of sp³-hybridized carbons (Fsp3) is 0.300. The van der Waals surface area contributed by atoms with Gasteiger partial charge in [-0.2, -0.15) is 13.2 Å². The largest absolute Gasteiger partial charge is 0.416 e. The molecule has 0 atom stereocenters. The molecule has 6 nitrogen and oxygen atoms in total. The Bertz CT molecular complexity index is 1240. The smallest absolute Gasteiger partial charge is 0.390 e. The van der Waals surface area contributed by atoms with E-state index in [0.29, 0.717) is 35.9 Å². The maximum absolute atomic E-state index is 12.9. The molecule has 1 fully saturated rings. The van der Waals surface area contributed by atoms with E-state index in [0.717, 1.165) is 17.5 Å². The molecule has 1 aliphatic carbocycles. The first-order valence-corrected chi connectivity index (χ1v) is 10.8. The fourth-order valence-electron chi connectivity index (χ4n) is 3.70. The van der Waals surface area contributed by atoms with E-state index in [2.05, 4.69) is 20.1 Å². The molecule has 0 aliphatic heterocycles. The summed E-state index contributed by atoms with van der Waals surface area (Å²) in [6.07, 6.45) is -0.302. The Labute approximate surface area is 170 Å². The number of hydrogen-bond donors (Lipinski definition) is 2. The molecular weight excluding hydrogens is 417 g/mol. The van der Waals surface area contributed by atoms with Gasteiger partial charge in [0.05, 0.1) is 28.5 Å². The molecule has 0 bridgehead atoms. The number of hydrogen-bond acceptors (Lipinski definition) is 4. The summed E-state index contributed by atoms with van der Waals surface area (Å²) in [4.78, 5) is 10.3. The first kappa shape index (κ1) is 20.2. The maximum Gasteiger partial charge on any atom is 0.416 e. The van der Waals surface area contributed by atoms with Crippen molar-refractivity contribution in [3.8, 4) is 0 Å². The number of nitrogens with one attached hydrogen (secondary N) is 2. The van der Waals surface area contributed by atoms with Gasteiger partial charge in [-0.3, -0.25) is 4.98 Å². The number of anilines is 1. The molecule has 0 unspecified atom stereocenters. The Morgan fingerprint density at radius 1 is 1.27 bits per heavy atom. The SMILES string of the molecule is [C-]#[N+]c1cnc2[nH]ccc2c1NC1CC(CS(=O)(=O)c2cccc(C(F)(F)F)c2)C1. The van der Waals surface area contributed by atoms with Crippen LogP contribution in [0.4, 0.5) is 24.5 Å². The van der Waals surface area contributed by atoms with Crippen LogP contribution in [0.2, 0.25) is 0 Å². The van der Waals surface area contributed by atoms with Gasteiger partial charge in [-0.1, -0.05) is 6.07 Å². The van der Waals surface area contributed by atoms with Gasteiger partial charge in [-0.05, 0) is 43.0 Å². The molecule has 10 heteroatoms. The summed E-state index contributed by atoms with van der Waals surface area (Å²) in [7, 11) is -3.83. The van der Waals surface area contributed by atoms with Crippen LogP contribution >= 0.6 is 0 Å². The van der Waals surface area contributed by atoms with E-state index in [1.54, 1.807) is 6.20 Å². The van der Waals surface area contributed by atoms with Crippen LogP contribution in [-0.4, -0.2) is 30.2 Å². The zero-order chi connectivity index (χ0) is 21.5. The molecule has 0 saturated heterocycles. The van der Waals surface area contributed by atoms with Gasteiger partial charge in [0.2, 0.25) is 5.69 Å². The number of sulfone groups is 1. The van der Waals surface area contributed by atoms with E-state index in [9.17, 15) is 21.6 Å². The lowest BCUT2D eigenvalue weighted by atomic mass is 9.81. The predicted molar refractivity (Wildman–Crippen MR) is 106 cm³/mol. The van der Waals surface area contributed by atoms with Crippen LogP contribution in [0.5, 0.6) is 0 Å². The van der Waals surface area contributed by atoms with Gasteiger partial charge in [0.25, 0.3) is 0 Å². The molecule has 30 heavy (non-hydrogen) atoms. The number of halogens is 3. The molecule has 0 amide bonds. The first-order valence-electron chi connectivity index (χ1n) is 9.17. The summed E-state index contributed by atoms with van der Waals surface area (Å²) in [5.74, 6) is -0.375. The van der Waals surface area contributed by atoms with Gasteiger partial charge < -0.3 is 10.3 Å². The van der Waals surface area contributed by atoms with E-state index in [1.807, 2.05) is 6.07 Å². The number of aromatic amines is 1. The number of nitrogens with zero attached hydrogens (tertiary/aromatic N) is 2. The van der Waals surface area contributed by atoms with Crippen molar-refractivity contribution >= 4 is 32.2 Å². The van der Waals surface area contributed by atoms with E-state index in [-0.39, 0.29) is 22.6 Å². The molecule has 1 aromatic carbocycles. The molecule has 0 radical (unpaired) electrons. The zero-order valence-corrected chi connectivity index (χ0v) is 16.4. The molecule has 1 saturated carbocycles. The van der Waals surface area contributed by atoms with Crippen LogP contribution in [0, 0.1) is 12.5 Å². The normalized spacial score (nSPS) is 19.3. The monoisotopic (exact) mass is 434 g/mol. The number of H-pyrrole nitrogens is 1. The summed E-state index contributed by atoms with van der Waals surface area (Å²) in [6.45, 7) is 7.32. The second-order valence-electron chi connectivity index (χ2n) is 7.36. The lowest BCUT2D eigenvalue weighted by molar-refractivity contribution is -0.137. The fourth-order valence-corrected chi connectivity index (χ4v) is 5.38. The molecule has 4 rings (SSSR count). The van der Waals surface area contributed by atoms with E-state index < -0.39 is 21.6 Å². The summed E-state index contributed by atoms with van der Waals surface area (Å²) >= 11 is 0. The van der Waals surface area contributed by atoms with Crippen LogP contribution in [0.15, 0.2) is 47.6 Å². The number of rotatable bonds is 5. The average Bonchev–Trinajstić information content (AvgIpc) is 3.15. The predicted octanol–water partition coefficient (Wildman–Crippen LogP) is 4.80. The first-order chi connectivity index (χ1) is 14.2. The van der Waals surface area contributed by atoms with E-state index in [1.165, 1.54) is 12.3 Å². The number of aromatic nitrogens is 2. The Morgan fingerprint density at radius 3 is 2.73 bits per heavy atom. The van der Waals surface area contributed by atoms with Crippen molar-refractivity contribution in [2.45, 2.75) is 30.0 Å². The van der Waals surface area contributed by atoms with Crippen LogP contribution in [0.1, 0.15) is 18.4 Å². The lowest BCUT2D eigenvalue weighted by Gasteiger charge is -2.36. The quantitative estimate of drug-likeness (QED) is 0.566. The van der Waals surface area contributed by atoms with Crippen LogP contribution in [0.3, 0.4) is 0 Å². The Balaban J connectivity index is 1.44. The van der Waals surface area contributed by atoms with Gasteiger partial charge in [-0.25, -0.2) is 13.3 Å². The zero-order valence-electron chi connectivity index (χ0n) is 15.6. The minimum Gasteiger partial charge on any atom is -0.390 e. The minimum absolute atomic E-state index is 0.0206. The molecule has 2 heterocycles. The number of pyridine rings is 1. The topological polar surface area (TPSA) is 79.2 Å². The highest BCUT2D eigenvalue weighted by Crippen LogP contribution is 2.38. The Hall–Kier alpha value is -3.06. The summed E-state index contributed by atoms with van der Waals surface area (Å²) in [5.41, 5.74) is 0.701. The molecule has 2 N–H and O–H groups in total. The Morgan fingerprint density at radius 2 is 2.03 bits per heavy atom. The number of alkyl halides is 3. The number of benzene rings is 1. The van der Waals surface area contributed by atoms with Gasteiger partial charge in [0.15, 0.2) is 9.84 Å². The summed E-state index contributed by atoms with van der Waals surface area (Å²) in [5, 5.41) is 4.08. The molecule has 2 aromatic heterocycles. The van der Waals surface area contributed by atoms with E-state index in [4.69, 9.17) is 6.57 Å². The van der Waals surface area contributed by atoms with Gasteiger partial charge >= 0.3 is 6.18 Å². The highest BCUT2D eigenvalue weighted by atomic mass is 32.2. The average molecular weight is 434 g/mol. The van der Waals surface area contributed by atoms with Crippen molar-refractivity contribution in [3.05, 3.63) is 59.7 Å². The van der Waals surface area contributed by atoms with Crippen molar-refractivity contribution in [1.29, 1.82) is 0 Å². The summed E-state index contributed by atoms with van der Waals surface area (Å²) in [6, 6.07) is 5.64. The van der Waals surface area contributed by atoms with Crippen LogP contribution < -0.4 is 5.32 Å². The third kappa shape index (κ3) is 3.85. The van der Waals surface area contributed by atoms with Crippen molar-refractivity contribution in [1.82, 2.24) is 9.97 Å². The van der Waals surface area contributed by atoms with Crippen LogP contribution in [-0.2, 0) is 16.0 Å². The molecule has 3 aromatic rings. The highest BCUT2D eigenvalue weighted by molar-refractivity contribution is 7.91. The molecule has 0 spiro atoms. The van der Waals surface area contributed by atoms with Gasteiger partial charge in [0.1, 0.15) is 5.65 Å². The molecular formula is C20H17F3N4O2S. The van der Waals surface area contributed by atoms with Crippen LogP contribution in [0.25, 0.3) is 15.9 Å². The van der Waals surface area contributed by atoms with Crippen molar-refractivity contribution in [3.63, 3.8) is 0 Å². The van der Waals surface area contributed by atoms with Gasteiger partial charge in [-0.15, -0.1) is 0 Å². The van der Waals surface area contributed by atoms with E-state index >= 15 is 0 Å². The third-order valence-corrected chi connectivity index (χ3v) is 7.13. The standard InChI is InChI=1S/C20H17F3N4O2S/c1-24-17-10-26-19-16(5-6-25-19)18(17)27-14-7-12(8-14)11-30(28,29)15-4-2-3-13(9-15)20(21,22)23/h2-6,9-10,12,14H,7-8,11H2,(H2,25,26,27). The maximum atomic E-state index is 12.9. The highest BCUT2D eigenvalue weighted by Gasteiger charge is 2.35. The van der Waals surface area contributed by atoms with Crippen molar-refractivity contribution in [2.75, 3.05) is 11.1 Å². The second kappa shape index (κ2) is 7.32. The molecule has 156 valence electrons. The van der Waals surface area contributed by atoms with Crippen molar-refractivity contribution in [2.24, 2.45) is 5.92 Å². The third-order valence-electron chi connectivity index (χ3n) is 5.25. The molecule has 1 aliphatic rings. The van der Waals surface area contributed by atoms with Crippen molar-refractivity contribution < 1.29 is 21.6 Å². The summed E-state index contributed by atoms with van der Waals surface area (Å²) < 4.78 is 63.8. The lowest BCUT2D eigenvalue weighted by Crippen LogP contribution is -2.39. The van der Waals surface area contributed by atoms with Gasteiger partial charge in [0, 0.05) is 23.8 Å².